The predicted molar refractivity (Wildman–Crippen MR) is 90.7 cm³/mol. The van der Waals surface area contributed by atoms with E-state index in [4.69, 9.17) is 9.84 Å². The molecule has 1 aromatic carbocycles. The molecule has 2 heterocycles. The van der Waals surface area contributed by atoms with Crippen LogP contribution in [0.1, 0.15) is 54.3 Å². The number of carbonyl (C=O) groups excluding carboxylic acids is 3. The van der Waals surface area contributed by atoms with E-state index in [1.165, 1.54) is 0 Å². The summed E-state index contributed by atoms with van der Waals surface area (Å²) in [4.78, 5) is 47.9. The van der Waals surface area contributed by atoms with Gasteiger partial charge in [0.2, 0.25) is 11.8 Å². The van der Waals surface area contributed by atoms with Crippen LogP contribution in [0.4, 0.5) is 0 Å². The van der Waals surface area contributed by atoms with Crippen molar-refractivity contribution in [3.05, 3.63) is 29.3 Å². The number of aliphatic hydroxyl groups excluding tert-OH is 1. The molecule has 9 nitrogen and oxygen atoms in total. The number of rotatable bonds is 7. The van der Waals surface area contributed by atoms with Crippen molar-refractivity contribution in [2.75, 3.05) is 6.61 Å². The first kappa shape index (κ1) is 18.8. The number of benzene rings is 1. The second kappa shape index (κ2) is 7.75. The van der Waals surface area contributed by atoms with Crippen molar-refractivity contribution in [3.8, 4) is 5.75 Å². The Kier molecular flexibility index (Phi) is 5.41. The van der Waals surface area contributed by atoms with Gasteiger partial charge < -0.3 is 14.9 Å². The number of ether oxygens (including phenoxy) is 1. The molecule has 0 saturated carbocycles. The van der Waals surface area contributed by atoms with Crippen LogP contribution in [0.5, 0.6) is 5.75 Å². The van der Waals surface area contributed by atoms with Gasteiger partial charge in [-0.3, -0.25) is 29.4 Å². The number of nitrogens with one attached hydrogen (secondary N) is 1. The molecule has 3 N–H and O–H groups in total. The smallest absolute Gasteiger partial charge is 0.303 e. The first-order valence-corrected chi connectivity index (χ1v) is 8.72. The first-order chi connectivity index (χ1) is 12.9. The van der Waals surface area contributed by atoms with Gasteiger partial charge >= 0.3 is 5.97 Å². The second-order valence-electron chi connectivity index (χ2n) is 6.47. The van der Waals surface area contributed by atoms with E-state index in [0.29, 0.717) is 18.4 Å². The molecule has 1 saturated heterocycles. The molecule has 1 fully saturated rings. The molecule has 3 rings (SSSR count). The van der Waals surface area contributed by atoms with Crippen LogP contribution in [-0.2, 0) is 14.4 Å². The third kappa shape index (κ3) is 3.77. The van der Waals surface area contributed by atoms with Gasteiger partial charge in [0, 0.05) is 18.4 Å². The summed E-state index contributed by atoms with van der Waals surface area (Å²) >= 11 is 0. The topological polar surface area (TPSA) is 133 Å². The highest BCUT2D eigenvalue weighted by Crippen LogP contribution is 2.39. The summed E-state index contributed by atoms with van der Waals surface area (Å²) in [5.74, 6) is -2.15. The molecular formula is C18H20N2O7. The lowest BCUT2D eigenvalue weighted by Gasteiger charge is -2.31. The predicted octanol–water partition coefficient (Wildman–Crippen LogP) is 0.572. The number of hydrogen-bond donors (Lipinski definition) is 3. The Morgan fingerprint density at radius 2 is 2.04 bits per heavy atom. The minimum absolute atomic E-state index is 0.0389. The molecule has 1 aromatic rings. The Labute approximate surface area is 154 Å². The number of hydrogen-bond acceptors (Lipinski definition) is 6. The fourth-order valence-electron chi connectivity index (χ4n) is 3.32. The van der Waals surface area contributed by atoms with Gasteiger partial charge in [0.1, 0.15) is 11.8 Å². The van der Waals surface area contributed by atoms with Crippen LogP contribution in [0, 0.1) is 0 Å². The highest BCUT2D eigenvalue weighted by Gasteiger charge is 2.45. The van der Waals surface area contributed by atoms with Crippen LogP contribution in [0.25, 0.3) is 0 Å². The Hall–Kier alpha value is -2.94. The quantitative estimate of drug-likeness (QED) is 0.468. The summed E-state index contributed by atoms with van der Waals surface area (Å²) in [5.41, 5.74) is 0.528. The Balaban J connectivity index is 1.74. The number of nitrogens with zero attached hydrogens (tertiary/aromatic N) is 1. The fraction of sp³-hybridized carbons (Fsp3) is 0.444. The van der Waals surface area contributed by atoms with Gasteiger partial charge in [0.15, 0.2) is 6.23 Å². The van der Waals surface area contributed by atoms with E-state index in [2.05, 4.69) is 5.32 Å². The van der Waals surface area contributed by atoms with Crippen molar-refractivity contribution >= 4 is 23.7 Å². The van der Waals surface area contributed by atoms with E-state index in [-0.39, 0.29) is 37.2 Å². The molecular weight excluding hydrogens is 356 g/mol. The van der Waals surface area contributed by atoms with Crippen molar-refractivity contribution in [2.45, 2.75) is 44.4 Å². The minimum Gasteiger partial charge on any atom is -0.493 e. The fourth-order valence-corrected chi connectivity index (χ4v) is 3.32. The minimum atomic E-state index is -1.30. The molecule has 2 unspecified atom stereocenters. The summed E-state index contributed by atoms with van der Waals surface area (Å²) in [6, 6.07) is 3.88. The largest absolute Gasteiger partial charge is 0.493 e. The Bertz CT molecular complexity index is 792. The van der Waals surface area contributed by atoms with Gasteiger partial charge in [-0.05, 0) is 25.3 Å². The third-order valence-corrected chi connectivity index (χ3v) is 4.64. The molecule has 3 amide bonds. The zero-order chi connectivity index (χ0) is 19.6. The number of carboxylic acids is 1. The maximum absolute atomic E-state index is 12.9. The first-order valence-electron chi connectivity index (χ1n) is 8.72. The molecule has 9 heteroatoms. The molecule has 2 aliphatic heterocycles. The summed E-state index contributed by atoms with van der Waals surface area (Å²) in [7, 11) is 0. The monoisotopic (exact) mass is 376 g/mol. The van der Waals surface area contributed by atoms with Gasteiger partial charge in [-0.2, -0.15) is 0 Å². The van der Waals surface area contributed by atoms with Crippen LogP contribution in [0.3, 0.4) is 0 Å². The van der Waals surface area contributed by atoms with Gasteiger partial charge in [-0.25, -0.2) is 0 Å². The molecule has 2 aliphatic rings. The van der Waals surface area contributed by atoms with E-state index in [0.717, 1.165) is 4.90 Å². The second-order valence-corrected chi connectivity index (χ2v) is 6.47. The highest BCUT2D eigenvalue weighted by molar-refractivity contribution is 6.06. The van der Waals surface area contributed by atoms with Crippen LogP contribution < -0.4 is 10.1 Å². The zero-order valence-electron chi connectivity index (χ0n) is 14.5. The van der Waals surface area contributed by atoms with Crippen molar-refractivity contribution < 1.29 is 34.1 Å². The van der Waals surface area contributed by atoms with Gasteiger partial charge in [-0.15, -0.1) is 0 Å². The number of carbonyl (C=O) groups is 4. The number of carboxylic acid groups (broad SMARTS) is 1. The van der Waals surface area contributed by atoms with Gasteiger partial charge in [0.05, 0.1) is 12.2 Å². The summed E-state index contributed by atoms with van der Waals surface area (Å²) in [5, 5.41) is 21.4. The summed E-state index contributed by atoms with van der Waals surface area (Å²) < 4.78 is 5.62. The standard InChI is InChI=1S/C18H20N2O7/c21-13-8-7-11(16(24)19-13)20-17(25)10-4-3-5-12(15(10)18(20)26)27-9-2-1-6-14(22)23/h3-5,11,17,25H,1-2,6-9H2,(H,22,23)(H,19,21,24). The molecule has 144 valence electrons. The number of imide groups is 1. The number of aliphatic hydroxyl groups is 1. The van der Waals surface area contributed by atoms with Crippen molar-refractivity contribution in [3.63, 3.8) is 0 Å². The molecule has 0 bridgehead atoms. The van der Waals surface area contributed by atoms with E-state index in [9.17, 15) is 24.3 Å². The molecule has 0 aromatic heterocycles. The van der Waals surface area contributed by atoms with Crippen LogP contribution >= 0.6 is 0 Å². The average molecular weight is 376 g/mol. The van der Waals surface area contributed by atoms with Crippen LogP contribution in [-0.4, -0.2) is 51.5 Å². The summed E-state index contributed by atoms with van der Waals surface area (Å²) in [6.45, 7) is 0.228. The number of fused-ring (bicyclic) bond motifs is 1. The van der Waals surface area contributed by atoms with Crippen LogP contribution in [0.15, 0.2) is 18.2 Å². The normalized spacial score (nSPS) is 21.8. The van der Waals surface area contributed by atoms with E-state index in [1.807, 2.05) is 0 Å². The van der Waals surface area contributed by atoms with Crippen LogP contribution in [0.2, 0.25) is 0 Å². The van der Waals surface area contributed by atoms with E-state index in [1.54, 1.807) is 18.2 Å². The lowest BCUT2D eigenvalue weighted by Crippen LogP contribution is -2.53. The molecule has 27 heavy (non-hydrogen) atoms. The molecule has 0 radical (unpaired) electrons. The number of piperidine rings is 1. The van der Waals surface area contributed by atoms with Gasteiger partial charge in [-0.1, -0.05) is 12.1 Å². The molecule has 0 aliphatic carbocycles. The number of amides is 3. The lowest BCUT2D eigenvalue weighted by atomic mass is 10.0. The van der Waals surface area contributed by atoms with E-state index < -0.39 is 36.0 Å². The average Bonchev–Trinajstić information content (AvgIpc) is 2.87. The Morgan fingerprint density at radius 3 is 2.74 bits per heavy atom. The van der Waals surface area contributed by atoms with Crippen molar-refractivity contribution in [1.29, 1.82) is 0 Å². The number of aliphatic carboxylic acids is 1. The number of unbranched alkanes of at least 4 members (excludes halogenated alkanes) is 1. The molecule has 0 spiro atoms. The lowest BCUT2D eigenvalue weighted by molar-refractivity contribution is -0.140. The highest BCUT2D eigenvalue weighted by atomic mass is 16.5. The van der Waals surface area contributed by atoms with E-state index >= 15 is 0 Å². The van der Waals surface area contributed by atoms with Crippen molar-refractivity contribution in [1.82, 2.24) is 10.2 Å². The van der Waals surface area contributed by atoms with Gasteiger partial charge in [0.25, 0.3) is 5.91 Å². The maximum atomic E-state index is 12.9. The zero-order valence-corrected chi connectivity index (χ0v) is 14.5. The Morgan fingerprint density at radius 1 is 1.26 bits per heavy atom. The third-order valence-electron chi connectivity index (χ3n) is 4.64. The maximum Gasteiger partial charge on any atom is 0.303 e. The summed E-state index contributed by atoms with van der Waals surface area (Å²) in [6.07, 6.45) is -0.0698. The van der Waals surface area contributed by atoms with Crippen molar-refractivity contribution in [2.24, 2.45) is 0 Å². The molecule has 2 atom stereocenters. The SMILES string of the molecule is O=C(O)CCCCOc1cccc2c1C(=O)N(C1CCC(=O)NC1=O)C2O.